The molecule has 1 aromatic heterocycles. The zero-order valence-corrected chi connectivity index (χ0v) is 11.6. The predicted octanol–water partition coefficient (Wildman–Crippen LogP) is 2.61. The Bertz CT molecular complexity index is 623. The van der Waals surface area contributed by atoms with Gasteiger partial charge in [0.1, 0.15) is 17.6 Å². The average molecular weight is 296 g/mol. The molecule has 0 aliphatic carbocycles. The van der Waals surface area contributed by atoms with Crippen LogP contribution in [-0.4, -0.2) is 22.7 Å². The monoisotopic (exact) mass is 296 g/mol. The van der Waals surface area contributed by atoms with Gasteiger partial charge in [-0.1, -0.05) is 5.16 Å². The Hall–Kier alpha value is -2.31. The van der Waals surface area contributed by atoms with E-state index in [0.717, 1.165) is 6.07 Å². The van der Waals surface area contributed by atoms with E-state index in [1.165, 1.54) is 12.1 Å². The molecule has 2 rings (SSSR count). The van der Waals surface area contributed by atoms with Gasteiger partial charge >= 0.3 is 5.97 Å². The molecular weight excluding hydrogens is 282 g/mol. The second-order valence-electron chi connectivity index (χ2n) is 4.48. The summed E-state index contributed by atoms with van der Waals surface area (Å²) in [5, 5.41) is 3.70. The van der Waals surface area contributed by atoms with E-state index in [1.54, 1.807) is 13.8 Å². The molecule has 0 aliphatic heterocycles. The highest BCUT2D eigenvalue weighted by Crippen LogP contribution is 2.17. The molecule has 0 amide bonds. The maximum Gasteiger partial charge on any atom is 0.318 e. The molecule has 0 spiro atoms. The van der Waals surface area contributed by atoms with Crippen molar-refractivity contribution in [2.75, 3.05) is 6.61 Å². The predicted molar refractivity (Wildman–Crippen MR) is 68.5 cm³/mol. The van der Waals surface area contributed by atoms with Gasteiger partial charge in [0.15, 0.2) is 5.82 Å². The molecule has 7 heteroatoms. The Morgan fingerprint density at radius 3 is 2.62 bits per heavy atom. The number of nitrogens with zero attached hydrogens (tertiary/aromatic N) is 2. The van der Waals surface area contributed by atoms with Crippen molar-refractivity contribution < 1.29 is 22.8 Å². The highest BCUT2D eigenvalue weighted by atomic mass is 19.1. The molecule has 1 unspecified atom stereocenters. The molecule has 0 saturated heterocycles. The molecule has 1 atom stereocenters. The maximum absolute atomic E-state index is 13.1. The van der Waals surface area contributed by atoms with Gasteiger partial charge in [0.05, 0.1) is 6.61 Å². The fourth-order valence-corrected chi connectivity index (χ4v) is 1.78. The minimum Gasteiger partial charge on any atom is -0.465 e. The first-order chi connectivity index (χ1) is 9.99. The Morgan fingerprint density at radius 2 is 2.00 bits per heavy atom. The maximum atomic E-state index is 13.1. The van der Waals surface area contributed by atoms with Gasteiger partial charge in [0.2, 0.25) is 5.89 Å². The number of benzene rings is 1. The highest BCUT2D eigenvalue weighted by molar-refractivity contribution is 5.76. The normalized spacial score (nSPS) is 12.2. The lowest BCUT2D eigenvalue weighted by Crippen LogP contribution is -2.13. The summed E-state index contributed by atoms with van der Waals surface area (Å²) in [7, 11) is 0. The van der Waals surface area contributed by atoms with Crippen molar-refractivity contribution in [3.8, 4) is 0 Å². The van der Waals surface area contributed by atoms with Crippen molar-refractivity contribution in [2.24, 2.45) is 0 Å². The number of halogens is 2. The summed E-state index contributed by atoms with van der Waals surface area (Å²) >= 11 is 0. The molecule has 0 bridgehead atoms. The largest absolute Gasteiger partial charge is 0.465 e. The van der Waals surface area contributed by atoms with Crippen LogP contribution in [0.4, 0.5) is 8.78 Å². The lowest BCUT2D eigenvalue weighted by Gasteiger charge is -2.04. The van der Waals surface area contributed by atoms with Crippen LogP contribution in [0.1, 0.15) is 37.0 Å². The van der Waals surface area contributed by atoms with E-state index in [-0.39, 0.29) is 24.7 Å². The van der Waals surface area contributed by atoms with Crippen molar-refractivity contribution in [3.63, 3.8) is 0 Å². The average Bonchev–Trinajstić information content (AvgIpc) is 2.85. The van der Waals surface area contributed by atoms with Gasteiger partial charge in [0.25, 0.3) is 0 Å². The molecule has 1 aromatic carbocycles. The quantitative estimate of drug-likeness (QED) is 0.793. The summed E-state index contributed by atoms with van der Waals surface area (Å²) in [6.45, 7) is 3.53. The molecule has 0 aliphatic rings. The zero-order valence-electron chi connectivity index (χ0n) is 11.6. The second kappa shape index (κ2) is 6.43. The Balaban J connectivity index is 2.11. The van der Waals surface area contributed by atoms with Gasteiger partial charge in [-0.15, -0.1) is 0 Å². The number of carbonyl (C=O) groups is 1. The minimum absolute atomic E-state index is 0.105. The molecular formula is C14H14F2N2O3. The number of ether oxygens (including phenoxy) is 1. The van der Waals surface area contributed by atoms with Crippen molar-refractivity contribution >= 4 is 5.97 Å². The standard InChI is InChI=1S/C14H14F2N2O3/c1-3-20-14(19)8(2)13-17-12(18-21-13)6-9-4-10(15)7-11(16)5-9/h4-5,7-8H,3,6H2,1-2H3. The van der Waals surface area contributed by atoms with E-state index in [9.17, 15) is 13.6 Å². The first-order valence-electron chi connectivity index (χ1n) is 6.43. The van der Waals surface area contributed by atoms with Crippen molar-refractivity contribution in [1.82, 2.24) is 10.1 Å². The molecule has 0 N–H and O–H groups in total. The first kappa shape index (κ1) is 15.1. The summed E-state index contributed by atoms with van der Waals surface area (Å²) in [6, 6.07) is 3.16. The number of rotatable bonds is 5. The number of carbonyl (C=O) groups excluding carboxylic acids is 1. The Kier molecular flexibility index (Phi) is 4.62. The summed E-state index contributed by atoms with van der Waals surface area (Å²) in [5.74, 6) is -2.14. The zero-order chi connectivity index (χ0) is 15.4. The van der Waals surface area contributed by atoms with E-state index < -0.39 is 23.5 Å². The molecule has 1 heterocycles. The Labute approximate surface area is 119 Å². The Morgan fingerprint density at radius 1 is 1.33 bits per heavy atom. The molecule has 21 heavy (non-hydrogen) atoms. The third-order valence-electron chi connectivity index (χ3n) is 2.78. The van der Waals surface area contributed by atoms with E-state index in [1.807, 2.05) is 0 Å². The van der Waals surface area contributed by atoms with Crippen molar-refractivity contribution in [1.29, 1.82) is 0 Å². The van der Waals surface area contributed by atoms with Gasteiger partial charge in [-0.05, 0) is 31.5 Å². The van der Waals surface area contributed by atoms with Crippen LogP contribution in [0.3, 0.4) is 0 Å². The second-order valence-corrected chi connectivity index (χ2v) is 4.48. The van der Waals surface area contributed by atoms with E-state index >= 15 is 0 Å². The number of esters is 1. The summed E-state index contributed by atoms with van der Waals surface area (Å²) < 4.78 is 36.0. The van der Waals surface area contributed by atoms with Gasteiger partial charge in [-0.3, -0.25) is 4.79 Å². The van der Waals surface area contributed by atoms with Crippen LogP contribution in [0.15, 0.2) is 22.7 Å². The van der Waals surface area contributed by atoms with Crippen LogP contribution >= 0.6 is 0 Å². The molecule has 0 fully saturated rings. The van der Waals surface area contributed by atoms with Crippen LogP contribution in [0.25, 0.3) is 0 Å². The smallest absolute Gasteiger partial charge is 0.318 e. The SMILES string of the molecule is CCOC(=O)C(C)c1nc(Cc2cc(F)cc(F)c2)no1. The summed E-state index contributed by atoms with van der Waals surface area (Å²) in [4.78, 5) is 15.6. The van der Waals surface area contributed by atoms with Crippen LogP contribution < -0.4 is 0 Å². The van der Waals surface area contributed by atoms with E-state index in [2.05, 4.69) is 10.1 Å². The van der Waals surface area contributed by atoms with Gasteiger partial charge in [0, 0.05) is 12.5 Å². The van der Waals surface area contributed by atoms with Crippen LogP contribution in [-0.2, 0) is 16.0 Å². The highest BCUT2D eigenvalue weighted by Gasteiger charge is 2.23. The molecule has 2 aromatic rings. The number of hydrogen-bond acceptors (Lipinski definition) is 5. The van der Waals surface area contributed by atoms with Gasteiger partial charge < -0.3 is 9.26 Å². The number of aromatic nitrogens is 2. The molecule has 5 nitrogen and oxygen atoms in total. The first-order valence-corrected chi connectivity index (χ1v) is 6.43. The van der Waals surface area contributed by atoms with E-state index in [0.29, 0.717) is 5.56 Å². The summed E-state index contributed by atoms with van der Waals surface area (Å²) in [6.07, 6.45) is 0.105. The topological polar surface area (TPSA) is 65.2 Å². The number of hydrogen-bond donors (Lipinski definition) is 0. The third-order valence-corrected chi connectivity index (χ3v) is 2.78. The van der Waals surface area contributed by atoms with Crippen molar-refractivity contribution in [2.45, 2.75) is 26.2 Å². The van der Waals surface area contributed by atoms with Crippen LogP contribution in [0.5, 0.6) is 0 Å². The molecule has 0 radical (unpaired) electrons. The van der Waals surface area contributed by atoms with Crippen molar-refractivity contribution in [3.05, 3.63) is 47.1 Å². The fraction of sp³-hybridized carbons (Fsp3) is 0.357. The van der Waals surface area contributed by atoms with Gasteiger partial charge in [-0.25, -0.2) is 8.78 Å². The van der Waals surface area contributed by atoms with Crippen LogP contribution in [0, 0.1) is 11.6 Å². The third kappa shape index (κ3) is 3.84. The van der Waals surface area contributed by atoms with E-state index in [4.69, 9.17) is 9.26 Å². The lowest BCUT2D eigenvalue weighted by molar-refractivity contribution is -0.145. The van der Waals surface area contributed by atoms with Gasteiger partial charge in [-0.2, -0.15) is 4.98 Å². The fourth-order valence-electron chi connectivity index (χ4n) is 1.78. The lowest BCUT2D eigenvalue weighted by atomic mass is 10.1. The minimum atomic E-state index is -0.685. The molecule has 0 saturated carbocycles. The van der Waals surface area contributed by atoms with Crippen LogP contribution in [0.2, 0.25) is 0 Å². The summed E-state index contributed by atoms with van der Waals surface area (Å²) in [5.41, 5.74) is 0.378. The molecule has 112 valence electrons.